The molecule has 0 spiro atoms. The summed E-state index contributed by atoms with van der Waals surface area (Å²) >= 11 is 0. The summed E-state index contributed by atoms with van der Waals surface area (Å²) in [5, 5.41) is 18.9. The second-order valence-corrected chi connectivity index (χ2v) is 13.9. The Hall–Kier alpha value is -4.56. The number of nitrogens with zero attached hydrogens (tertiary/aromatic N) is 2. The number of fused-ring (bicyclic) bond motifs is 1. The van der Waals surface area contributed by atoms with Crippen LogP contribution in [0, 0.1) is 11.3 Å². The Morgan fingerprint density at radius 3 is 2.39 bits per heavy atom. The fourth-order valence-corrected chi connectivity index (χ4v) is 6.25. The van der Waals surface area contributed by atoms with Crippen molar-refractivity contribution in [2.75, 3.05) is 26.4 Å². The van der Waals surface area contributed by atoms with Crippen molar-refractivity contribution >= 4 is 18.1 Å². The quantitative estimate of drug-likeness (QED) is 0.179. The van der Waals surface area contributed by atoms with Crippen LogP contribution in [0.1, 0.15) is 45.2 Å². The third-order valence-corrected chi connectivity index (χ3v) is 8.94. The smallest absolute Gasteiger partial charge is 0.407 e. The molecule has 1 unspecified atom stereocenters. The lowest BCUT2D eigenvalue weighted by atomic mass is 9.86. The number of aromatic nitrogens is 1. The third-order valence-electron chi connectivity index (χ3n) is 8.94. The molecule has 2 saturated heterocycles. The van der Waals surface area contributed by atoms with Gasteiger partial charge in [0, 0.05) is 24.8 Å². The topological polar surface area (TPSA) is 161 Å². The molecule has 5 rings (SSSR count). The highest BCUT2D eigenvalue weighted by Gasteiger charge is 2.44. The Balaban J connectivity index is 1.35. The Labute approximate surface area is 299 Å². The fraction of sp³-hybridized carbons (Fsp3) is 0.474. The average molecular weight is 704 g/mol. The number of pyridine rings is 1. The van der Waals surface area contributed by atoms with Crippen molar-refractivity contribution in [3.63, 3.8) is 0 Å². The monoisotopic (exact) mass is 703 g/mol. The molecular weight excluding hydrogens is 654 g/mol. The number of rotatable bonds is 14. The van der Waals surface area contributed by atoms with Gasteiger partial charge in [-0.1, -0.05) is 81.4 Å². The van der Waals surface area contributed by atoms with Crippen molar-refractivity contribution in [3.8, 4) is 11.3 Å². The van der Waals surface area contributed by atoms with Gasteiger partial charge in [0.05, 0.1) is 43.6 Å². The zero-order valence-electron chi connectivity index (χ0n) is 29.6. The summed E-state index contributed by atoms with van der Waals surface area (Å²) in [6.45, 7) is 8.25. The number of benzene rings is 2. The third kappa shape index (κ3) is 10.7. The van der Waals surface area contributed by atoms with Crippen LogP contribution in [0.2, 0.25) is 0 Å². The van der Waals surface area contributed by atoms with E-state index >= 15 is 0 Å². The van der Waals surface area contributed by atoms with Crippen LogP contribution in [-0.2, 0) is 36.7 Å². The molecule has 0 aliphatic carbocycles. The predicted octanol–water partition coefficient (Wildman–Crippen LogP) is 4.20. The summed E-state index contributed by atoms with van der Waals surface area (Å²) in [5.41, 5.74) is 5.73. The number of aliphatic hydroxyl groups excluding tert-OH is 1. The van der Waals surface area contributed by atoms with Crippen LogP contribution in [0.5, 0.6) is 0 Å². The lowest BCUT2D eigenvalue weighted by molar-refractivity contribution is -0.131. The van der Waals surface area contributed by atoms with Gasteiger partial charge in [0.2, 0.25) is 0 Å². The zero-order chi connectivity index (χ0) is 36.4. The Bertz CT molecular complexity index is 1570. The van der Waals surface area contributed by atoms with Gasteiger partial charge >= 0.3 is 12.2 Å². The molecule has 1 aromatic heterocycles. The Morgan fingerprint density at radius 1 is 0.961 bits per heavy atom. The Kier molecular flexibility index (Phi) is 13.0. The number of hydrogen-bond donors (Lipinski definition) is 4. The highest BCUT2D eigenvalue weighted by molar-refractivity contribution is 5.86. The van der Waals surface area contributed by atoms with Crippen molar-refractivity contribution in [1.82, 2.24) is 26.1 Å². The van der Waals surface area contributed by atoms with Crippen LogP contribution in [0.3, 0.4) is 0 Å². The summed E-state index contributed by atoms with van der Waals surface area (Å²) in [6.07, 6.45) is -0.632. The van der Waals surface area contributed by atoms with Gasteiger partial charge < -0.3 is 34.7 Å². The van der Waals surface area contributed by atoms with Gasteiger partial charge in [-0.2, -0.15) is 0 Å². The van der Waals surface area contributed by atoms with Crippen molar-refractivity contribution < 1.29 is 38.4 Å². The lowest BCUT2D eigenvalue weighted by Crippen LogP contribution is -2.59. The second-order valence-electron chi connectivity index (χ2n) is 13.9. The molecule has 3 aromatic rings. The number of aliphatic hydroxyl groups is 1. The number of carbonyl (C=O) groups excluding carboxylic acids is 3. The standard InChI is InChI=1S/C38H49N5O8/c1-5-48-36(46)41-33(38(2,3)4)34(45)42-43(22-26-14-16-27(17-15-26)29-13-9-10-19-39-29)23-31(44)30(21-25-11-7-6-8-12-25)40-37(47)51-32-24-50-35-28(32)18-20-49-35/h6-17,19,28,30-33,35,44H,5,18,20-24H2,1-4H3,(H,40,47)(H,41,46)(H,42,45)/t28-,30-,31-,32-,33?,35+/m0/s1. The molecule has 51 heavy (non-hydrogen) atoms. The molecule has 13 nitrogen and oxygen atoms in total. The molecule has 0 bridgehead atoms. The van der Waals surface area contributed by atoms with E-state index in [1.807, 2.05) is 93.6 Å². The number of nitrogens with one attached hydrogen (secondary N) is 3. The molecule has 3 heterocycles. The number of ether oxygens (including phenoxy) is 4. The number of alkyl carbamates (subject to hydrolysis) is 2. The second kappa shape index (κ2) is 17.6. The molecule has 2 fully saturated rings. The van der Waals surface area contributed by atoms with Crippen molar-refractivity contribution in [2.24, 2.45) is 11.3 Å². The van der Waals surface area contributed by atoms with Gasteiger partial charge in [-0.15, -0.1) is 0 Å². The molecule has 2 aromatic carbocycles. The summed E-state index contributed by atoms with van der Waals surface area (Å²) < 4.78 is 22.0. The molecule has 2 aliphatic rings. The number of carbonyl (C=O) groups is 3. The van der Waals surface area contributed by atoms with Crippen molar-refractivity contribution in [1.29, 1.82) is 0 Å². The predicted molar refractivity (Wildman–Crippen MR) is 189 cm³/mol. The van der Waals surface area contributed by atoms with Gasteiger partial charge in [0.15, 0.2) is 6.29 Å². The maximum absolute atomic E-state index is 13.8. The first-order valence-corrected chi connectivity index (χ1v) is 17.4. The number of hydrazine groups is 1. The van der Waals surface area contributed by atoms with Crippen LogP contribution in [0.15, 0.2) is 79.0 Å². The maximum atomic E-state index is 13.8. The summed E-state index contributed by atoms with van der Waals surface area (Å²) in [5.74, 6) is -0.531. The molecule has 13 heteroatoms. The van der Waals surface area contributed by atoms with Gasteiger partial charge in [0.1, 0.15) is 12.1 Å². The maximum Gasteiger partial charge on any atom is 0.407 e. The minimum Gasteiger partial charge on any atom is -0.450 e. The molecule has 0 saturated carbocycles. The van der Waals surface area contributed by atoms with Crippen LogP contribution >= 0.6 is 0 Å². The van der Waals surface area contributed by atoms with Crippen LogP contribution in [-0.4, -0.2) is 90.1 Å². The fourth-order valence-electron chi connectivity index (χ4n) is 6.25. The molecule has 0 radical (unpaired) electrons. The molecule has 3 amide bonds. The Morgan fingerprint density at radius 2 is 1.71 bits per heavy atom. The van der Waals surface area contributed by atoms with Gasteiger partial charge in [0.25, 0.3) is 5.91 Å². The first-order chi connectivity index (χ1) is 24.5. The van der Waals surface area contributed by atoms with E-state index in [0.29, 0.717) is 13.0 Å². The van der Waals surface area contributed by atoms with Gasteiger partial charge in [-0.05, 0) is 48.4 Å². The average Bonchev–Trinajstić information content (AvgIpc) is 3.73. The van der Waals surface area contributed by atoms with E-state index in [4.69, 9.17) is 18.9 Å². The molecule has 2 aliphatic heterocycles. The van der Waals surface area contributed by atoms with E-state index in [-0.39, 0.29) is 38.5 Å². The summed E-state index contributed by atoms with van der Waals surface area (Å²) in [7, 11) is 0. The van der Waals surface area contributed by atoms with Crippen molar-refractivity contribution in [3.05, 3.63) is 90.1 Å². The van der Waals surface area contributed by atoms with E-state index in [1.54, 1.807) is 18.1 Å². The van der Waals surface area contributed by atoms with E-state index < -0.39 is 47.8 Å². The normalized spacial score (nSPS) is 20.2. The molecule has 4 N–H and O–H groups in total. The highest BCUT2D eigenvalue weighted by atomic mass is 16.7. The number of amides is 3. The van der Waals surface area contributed by atoms with E-state index in [1.165, 1.54) is 0 Å². The zero-order valence-corrected chi connectivity index (χ0v) is 29.6. The van der Waals surface area contributed by atoms with Crippen LogP contribution in [0.4, 0.5) is 9.59 Å². The summed E-state index contributed by atoms with van der Waals surface area (Å²) in [6, 6.07) is 21.2. The first-order valence-electron chi connectivity index (χ1n) is 17.4. The van der Waals surface area contributed by atoms with Crippen molar-refractivity contribution in [2.45, 2.75) is 77.7 Å². The van der Waals surface area contributed by atoms with Gasteiger partial charge in [-0.25, -0.2) is 14.6 Å². The number of hydrogen-bond acceptors (Lipinski definition) is 10. The largest absolute Gasteiger partial charge is 0.450 e. The SMILES string of the molecule is CCOC(=O)NC(C(=O)NN(Cc1ccc(-c2ccccn2)cc1)C[C@H](O)[C@H](Cc1ccccc1)NC(=O)O[C@H]1CO[C@H]2OCC[C@H]21)C(C)(C)C. The molecule has 6 atom stereocenters. The minimum absolute atomic E-state index is 0.0398. The van der Waals surface area contributed by atoms with Crippen LogP contribution < -0.4 is 16.1 Å². The lowest BCUT2D eigenvalue weighted by Gasteiger charge is -2.34. The van der Waals surface area contributed by atoms with Gasteiger partial charge in [-0.3, -0.25) is 15.2 Å². The summed E-state index contributed by atoms with van der Waals surface area (Å²) in [4.78, 5) is 44.0. The van der Waals surface area contributed by atoms with E-state index in [2.05, 4.69) is 21.0 Å². The van der Waals surface area contributed by atoms with E-state index in [0.717, 1.165) is 28.8 Å². The minimum atomic E-state index is -1.17. The molecule has 274 valence electrons. The van der Waals surface area contributed by atoms with Crippen LogP contribution in [0.25, 0.3) is 11.3 Å². The highest BCUT2D eigenvalue weighted by Crippen LogP contribution is 2.33. The van der Waals surface area contributed by atoms with E-state index in [9.17, 15) is 19.5 Å². The molecular formula is C38H49N5O8. The first kappa shape index (κ1) is 37.7.